The van der Waals surface area contributed by atoms with Gasteiger partial charge in [0.15, 0.2) is 0 Å². The maximum absolute atomic E-state index is 10.9. The van der Waals surface area contributed by atoms with Crippen LogP contribution in [0, 0.1) is 19.1 Å². The molecule has 0 radical (unpaired) electrons. The minimum atomic E-state index is -1.35. The molecule has 0 aliphatic carbocycles. The van der Waals surface area contributed by atoms with E-state index in [1.807, 2.05) is 129 Å². The van der Waals surface area contributed by atoms with Crippen molar-refractivity contribution in [3.05, 3.63) is 174 Å². The Morgan fingerprint density at radius 3 is 2.24 bits per heavy atom. The molecule has 0 saturated heterocycles. The van der Waals surface area contributed by atoms with Gasteiger partial charge >= 0.3 is 26.1 Å². The van der Waals surface area contributed by atoms with Crippen molar-refractivity contribution >= 4 is 33.6 Å². The van der Waals surface area contributed by atoms with Crippen molar-refractivity contribution in [1.29, 1.82) is 0 Å². The number of fused-ring (bicyclic) bond motifs is 1. The van der Waals surface area contributed by atoms with Crippen LogP contribution < -0.4 is 0 Å². The number of aromatic nitrogens is 2. The molecule has 6 rings (SSSR count). The third kappa shape index (κ3) is 8.66. The second kappa shape index (κ2) is 16.1. The van der Waals surface area contributed by atoms with Crippen molar-refractivity contribution in [3.8, 4) is 22.5 Å². The summed E-state index contributed by atoms with van der Waals surface area (Å²) in [5.41, 5.74) is 7.56. The van der Waals surface area contributed by atoms with Crippen molar-refractivity contribution in [1.82, 2.24) is 9.97 Å². The molecular formula is C40H30IrN3O2. The zero-order valence-electron chi connectivity index (χ0n) is 25.3. The normalized spacial score (nSPS) is 11.2. The van der Waals surface area contributed by atoms with Gasteiger partial charge in [-0.05, 0) is 41.0 Å². The van der Waals surface area contributed by atoms with E-state index in [-0.39, 0.29) is 20.1 Å². The second-order valence-corrected chi connectivity index (χ2v) is 10.3. The number of aliphatic carboxylic acids is 1. The van der Waals surface area contributed by atoms with Crippen LogP contribution >= 0.6 is 0 Å². The Bertz CT molecular complexity index is 2000. The van der Waals surface area contributed by atoms with Gasteiger partial charge in [-0.2, -0.15) is 0 Å². The summed E-state index contributed by atoms with van der Waals surface area (Å²) in [5, 5.41) is 20.8. The molecule has 0 unspecified atom stereocenters. The quantitative estimate of drug-likeness (QED) is 0.0996. The van der Waals surface area contributed by atoms with Gasteiger partial charge in [-0.25, -0.2) is 4.79 Å². The molecule has 4 aromatic carbocycles. The smallest absolute Gasteiger partial charge is 0.798 e. The first kappa shape index (κ1) is 33.6. The summed E-state index contributed by atoms with van der Waals surface area (Å²) < 4.78 is 0. The summed E-state index contributed by atoms with van der Waals surface area (Å²) in [6.45, 7) is 3.90. The predicted octanol–water partition coefficient (Wildman–Crippen LogP) is 9.14. The van der Waals surface area contributed by atoms with Gasteiger partial charge in [0.2, 0.25) is 0 Å². The average molecular weight is 777 g/mol. The number of aryl methyl sites for hydroxylation is 1. The van der Waals surface area contributed by atoms with E-state index in [0.717, 1.165) is 50.2 Å². The van der Waals surface area contributed by atoms with E-state index >= 15 is 0 Å². The van der Waals surface area contributed by atoms with Gasteiger partial charge in [-0.15, -0.1) is 65.7 Å². The standard InChI is InChI=1S/C20H13N2.C20H17NO2.Ir/c1-2-9-18-15(6-1)11-13-22-20(18)17-8-5-7-16(14-17)19-10-3-4-12-21-19;1-14-8-10-17(11-9-14)18(13-19(21)20(22)23)12-15(2)16-6-4-3-5-7-16;/h1-13H;3-6,8-13H,1-2H3,(H,22,23);/q-1;-2;+3. The van der Waals surface area contributed by atoms with Crippen LogP contribution in [0.2, 0.25) is 0 Å². The van der Waals surface area contributed by atoms with Crippen LogP contribution in [0.25, 0.3) is 49.8 Å². The maximum atomic E-state index is 10.9. The molecule has 0 aliphatic rings. The largest absolute Gasteiger partial charge is 3.00 e. The molecule has 1 N–H and O–H groups in total. The van der Waals surface area contributed by atoms with E-state index in [2.05, 4.69) is 34.2 Å². The van der Waals surface area contributed by atoms with Crippen LogP contribution in [0.5, 0.6) is 0 Å². The Balaban J connectivity index is 0.000000204. The molecule has 2 aromatic heterocycles. The fourth-order valence-corrected chi connectivity index (χ4v) is 4.73. The van der Waals surface area contributed by atoms with Gasteiger partial charge in [-0.1, -0.05) is 102 Å². The van der Waals surface area contributed by atoms with E-state index in [4.69, 9.17) is 5.11 Å². The van der Waals surface area contributed by atoms with Crippen LogP contribution in [0.1, 0.15) is 23.6 Å². The predicted molar refractivity (Wildman–Crippen MR) is 183 cm³/mol. The Kier molecular flexibility index (Phi) is 11.8. The summed E-state index contributed by atoms with van der Waals surface area (Å²) in [6.07, 6.45) is 6.75. The first-order valence-corrected chi connectivity index (χ1v) is 14.4. The first-order chi connectivity index (χ1) is 21.9. The third-order valence-corrected chi connectivity index (χ3v) is 7.07. The molecule has 0 fully saturated rings. The van der Waals surface area contributed by atoms with Gasteiger partial charge in [0, 0.05) is 23.8 Å². The number of pyridine rings is 2. The van der Waals surface area contributed by atoms with E-state index in [1.165, 1.54) is 11.5 Å². The molecule has 46 heavy (non-hydrogen) atoms. The number of carboxylic acid groups (broad SMARTS) is 1. The van der Waals surface area contributed by atoms with Crippen molar-refractivity contribution < 1.29 is 30.0 Å². The fraction of sp³-hybridized carbons (Fsp3) is 0.0500. The summed E-state index contributed by atoms with van der Waals surface area (Å²) in [6, 6.07) is 44.1. The zero-order valence-corrected chi connectivity index (χ0v) is 27.7. The fourth-order valence-electron chi connectivity index (χ4n) is 4.73. The molecule has 0 aliphatic heterocycles. The summed E-state index contributed by atoms with van der Waals surface area (Å²) >= 11 is 0. The van der Waals surface area contributed by atoms with E-state index in [0.29, 0.717) is 5.57 Å². The Labute approximate surface area is 282 Å². The molecular weight excluding hydrogens is 747 g/mol. The number of hydrogen-bond donors (Lipinski definition) is 1. The Hall–Kier alpha value is -5.29. The number of nitrogens with zero attached hydrogens (tertiary/aromatic N) is 3. The molecule has 6 aromatic rings. The number of carbonyl (C=O) groups is 1. The van der Waals surface area contributed by atoms with Crippen LogP contribution in [-0.2, 0) is 24.9 Å². The molecule has 0 bridgehead atoms. The zero-order chi connectivity index (χ0) is 31.6. The molecule has 0 amide bonds. The van der Waals surface area contributed by atoms with Crippen LogP contribution in [0.15, 0.2) is 140 Å². The summed E-state index contributed by atoms with van der Waals surface area (Å²) in [5.74, 6) is -1.35. The van der Waals surface area contributed by atoms with E-state index < -0.39 is 11.7 Å². The van der Waals surface area contributed by atoms with Crippen molar-refractivity contribution in [3.63, 3.8) is 0 Å². The molecule has 226 valence electrons. The van der Waals surface area contributed by atoms with E-state index in [9.17, 15) is 10.2 Å². The molecule has 0 spiro atoms. The number of rotatable bonds is 7. The van der Waals surface area contributed by atoms with Crippen molar-refractivity contribution in [2.24, 2.45) is 0 Å². The maximum Gasteiger partial charge on any atom is 3.00 e. The molecule has 0 atom stereocenters. The average Bonchev–Trinajstić information content (AvgIpc) is 3.09. The van der Waals surface area contributed by atoms with Gasteiger partial charge < -0.3 is 10.5 Å². The van der Waals surface area contributed by atoms with Gasteiger partial charge in [0.1, 0.15) is 0 Å². The Morgan fingerprint density at radius 2 is 1.52 bits per heavy atom. The minimum Gasteiger partial charge on any atom is -0.798 e. The number of carboxylic acids is 1. The van der Waals surface area contributed by atoms with Gasteiger partial charge in [0.25, 0.3) is 0 Å². The Morgan fingerprint density at radius 1 is 0.783 bits per heavy atom. The van der Waals surface area contributed by atoms with Crippen molar-refractivity contribution in [2.75, 3.05) is 0 Å². The molecule has 6 heteroatoms. The van der Waals surface area contributed by atoms with Gasteiger partial charge in [0.05, 0.1) is 0 Å². The number of hydrogen-bond acceptors (Lipinski definition) is 3. The third-order valence-electron chi connectivity index (χ3n) is 7.07. The monoisotopic (exact) mass is 777 g/mol. The van der Waals surface area contributed by atoms with Gasteiger partial charge in [-0.3, -0.25) is 9.97 Å². The van der Waals surface area contributed by atoms with Crippen LogP contribution in [-0.4, -0.2) is 26.8 Å². The van der Waals surface area contributed by atoms with Crippen LogP contribution in [0.4, 0.5) is 0 Å². The number of allylic oxidation sites excluding steroid dienone is 3. The summed E-state index contributed by atoms with van der Waals surface area (Å²) in [7, 11) is 0. The topological polar surface area (TPSA) is 85.4 Å². The minimum absolute atomic E-state index is 0. The number of benzene rings is 4. The van der Waals surface area contributed by atoms with Crippen LogP contribution in [0.3, 0.4) is 0 Å². The van der Waals surface area contributed by atoms with Crippen molar-refractivity contribution in [2.45, 2.75) is 13.8 Å². The second-order valence-electron chi connectivity index (χ2n) is 10.3. The SMILES string of the molecule is CC(=CC(=CC(=[N-])C(=O)O)c1ccc(C)cc1)c1[c-]cccc1.[Ir+3].[c-]1c(-c2ccccn2)cccc1-c1nccc2ccccc12. The molecule has 5 nitrogen and oxygen atoms in total. The molecule has 0 saturated carbocycles. The van der Waals surface area contributed by atoms with E-state index in [1.54, 1.807) is 6.20 Å². The molecule has 2 heterocycles. The first-order valence-electron chi connectivity index (χ1n) is 14.4. The summed E-state index contributed by atoms with van der Waals surface area (Å²) in [4.78, 5) is 19.9.